The van der Waals surface area contributed by atoms with Crippen molar-refractivity contribution < 1.29 is 19.2 Å². The molecule has 0 amide bonds. The van der Waals surface area contributed by atoms with Crippen molar-refractivity contribution >= 4 is 45.1 Å². The number of carbonyl (C=O) groups excluding carboxylic acids is 3. The van der Waals surface area contributed by atoms with Crippen molar-refractivity contribution in [3.8, 4) is 0 Å². The largest absolute Gasteiger partial charge is 0.341 e. The third-order valence-corrected chi connectivity index (χ3v) is 6.91. The van der Waals surface area contributed by atoms with Gasteiger partial charge in [0.1, 0.15) is 5.71 Å². The SMILES string of the molecule is CCCCCCC(=NOC(C)=O)C(=O)c1ccc2c(c1)c1cc(C(=O)c3ccccc3C)ccc1n2CC. The van der Waals surface area contributed by atoms with Crippen molar-refractivity contribution in [3.63, 3.8) is 0 Å². The van der Waals surface area contributed by atoms with Gasteiger partial charge in [0, 0.05) is 52.0 Å². The molecule has 4 rings (SSSR count). The Kier molecular flexibility index (Phi) is 8.52. The Morgan fingerprint density at radius 1 is 0.842 bits per heavy atom. The highest BCUT2D eigenvalue weighted by molar-refractivity contribution is 6.46. The second kappa shape index (κ2) is 12.0. The van der Waals surface area contributed by atoms with Gasteiger partial charge in [0.2, 0.25) is 5.78 Å². The highest BCUT2D eigenvalue weighted by atomic mass is 16.7. The zero-order chi connectivity index (χ0) is 27.2. The molecule has 1 heterocycles. The van der Waals surface area contributed by atoms with Gasteiger partial charge in [0.25, 0.3) is 0 Å². The molecular weight excluding hydrogens is 476 g/mol. The molecule has 0 spiro atoms. The van der Waals surface area contributed by atoms with Crippen LogP contribution in [0.5, 0.6) is 0 Å². The van der Waals surface area contributed by atoms with Crippen LogP contribution in [0.2, 0.25) is 0 Å². The summed E-state index contributed by atoms with van der Waals surface area (Å²) in [5.41, 5.74) is 4.92. The lowest BCUT2D eigenvalue weighted by Gasteiger charge is -2.07. The molecule has 3 aromatic carbocycles. The number of Topliss-reactive ketones (excluding diaryl/α,β-unsaturated/α-hetero) is 1. The van der Waals surface area contributed by atoms with E-state index in [0.717, 1.165) is 59.6 Å². The molecule has 1 aromatic heterocycles. The van der Waals surface area contributed by atoms with E-state index in [2.05, 4.69) is 23.6 Å². The normalized spacial score (nSPS) is 11.7. The van der Waals surface area contributed by atoms with Gasteiger partial charge in [-0.3, -0.25) is 9.59 Å². The first-order valence-electron chi connectivity index (χ1n) is 13.3. The molecule has 0 N–H and O–H groups in total. The number of hydrogen-bond acceptors (Lipinski definition) is 5. The Hall–Kier alpha value is -4.06. The van der Waals surface area contributed by atoms with E-state index in [1.165, 1.54) is 6.92 Å². The number of aromatic nitrogens is 1. The van der Waals surface area contributed by atoms with Gasteiger partial charge in [-0.05, 0) is 68.7 Å². The first kappa shape index (κ1) is 27.0. The first-order chi connectivity index (χ1) is 18.3. The number of unbranched alkanes of at least 4 members (excludes halogenated alkanes) is 3. The second-order valence-corrected chi connectivity index (χ2v) is 9.61. The number of aryl methyl sites for hydroxylation is 2. The van der Waals surface area contributed by atoms with Crippen LogP contribution in [0.1, 0.15) is 84.7 Å². The molecule has 0 saturated heterocycles. The average molecular weight is 511 g/mol. The van der Waals surface area contributed by atoms with Crippen LogP contribution in [0.15, 0.2) is 65.8 Å². The lowest BCUT2D eigenvalue weighted by Crippen LogP contribution is -2.16. The number of rotatable bonds is 11. The second-order valence-electron chi connectivity index (χ2n) is 9.61. The molecule has 38 heavy (non-hydrogen) atoms. The molecule has 0 bridgehead atoms. The van der Waals surface area contributed by atoms with Gasteiger partial charge in [-0.25, -0.2) is 4.79 Å². The topological polar surface area (TPSA) is 77.7 Å². The van der Waals surface area contributed by atoms with Crippen LogP contribution in [0.25, 0.3) is 21.8 Å². The number of benzene rings is 3. The lowest BCUT2D eigenvalue weighted by molar-refractivity contribution is -0.140. The Balaban J connectivity index is 1.77. The van der Waals surface area contributed by atoms with E-state index >= 15 is 0 Å². The summed E-state index contributed by atoms with van der Waals surface area (Å²) < 4.78 is 2.18. The molecule has 0 aliphatic rings. The predicted molar refractivity (Wildman–Crippen MR) is 152 cm³/mol. The summed E-state index contributed by atoms with van der Waals surface area (Å²) in [5, 5.41) is 5.72. The molecular formula is C32H34N2O4. The Morgan fingerprint density at radius 2 is 1.50 bits per heavy atom. The van der Waals surface area contributed by atoms with E-state index in [1.54, 1.807) is 6.07 Å². The summed E-state index contributed by atoms with van der Waals surface area (Å²) in [7, 11) is 0. The lowest BCUT2D eigenvalue weighted by atomic mass is 9.97. The van der Waals surface area contributed by atoms with Crippen molar-refractivity contribution in [3.05, 3.63) is 82.9 Å². The fraction of sp³-hybridized carbons (Fsp3) is 0.312. The van der Waals surface area contributed by atoms with Gasteiger partial charge in [0.15, 0.2) is 5.78 Å². The highest BCUT2D eigenvalue weighted by Gasteiger charge is 2.20. The third kappa shape index (κ3) is 5.59. The van der Waals surface area contributed by atoms with E-state index in [-0.39, 0.29) is 17.3 Å². The molecule has 196 valence electrons. The van der Waals surface area contributed by atoms with Crippen LogP contribution >= 0.6 is 0 Å². The van der Waals surface area contributed by atoms with Crippen LogP contribution in [0.3, 0.4) is 0 Å². The number of hydrogen-bond donors (Lipinski definition) is 0. The smallest absolute Gasteiger partial charge is 0.331 e. The van der Waals surface area contributed by atoms with Gasteiger partial charge >= 0.3 is 5.97 Å². The molecule has 4 aromatic rings. The molecule has 0 atom stereocenters. The summed E-state index contributed by atoms with van der Waals surface area (Å²) in [5.74, 6) is -0.845. The predicted octanol–water partition coefficient (Wildman–Crippen LogP) is 7.43. The van der Waals surface area contributed by atoms with Crippen LogP contribution in [0, 0.1) is 6.92 Å². The average Bonchev–Trinajstić information content (AvgIpc) is 3.24. The van der Waals surface area contributed by atoms with E-state index in [0.29, 0.717) is 23.1 Å². The van der Waals surface area contributed by atoms with Crippen LogP contribution in [0.4, 0.5) is 0 Å². The van der Waals surface area contributed by atoms with E-state index in [9.17, 15) is 14.4 Å². The number of nitrogens with zero attached hydrogens (tertiary/aromatic N) is 2. The number of ketones is 2. The van der Waals surface area contributed by atoms with Crippen LogP contribution < -0.4 is 0 Å². The zero-order valence-electron chi connectivity index (χ0n) is 22.5. The number of oxime groups is 1. The molecule has 0 radical (unpaired) electrons. The summed E-state index contributed by atoms with van der Waals surface area (Å²) in [6.07, 6.45) is 4.36. The van der Waals surface area contributed by atoms with Crippen molar-refractivity contribution in [1.82, 2.24) is 4.57 Å². The molecule has 0 unspecified atom stereocenters. The fourth-order valence-corrected chi connectivity index (χ4v) is 4.92. The van der Waals surface area contributed by atoms with E-state index in [1.807, 2.05) is 61.5 Å². The van der Waals surface area contributed by atoms with Crippen molar-refractivity contribution in [2.24, 2.45) is 5.16 Å². The summed E-state index contributed by atoms with van der Waals surface area (Å²) in [6.45, 7) is 8.15. The maximum atomic E-state index is 13.5. The van der Waals surface area contributed by atoms with Gasteiger partial charge in [-0.1, -0.05) is 55.6 Å². The number of carbonyl (C=O) groups is 3. The Labute approximate surface area is 223 Å². The van der Waals surface area contributed by atoms with Gasteiger partial charge in [0.05, 0.1) is 0 Å². The molecule has 6 nitrogen and oxygen atoms in total. The minimum absolute atomic E-state index is 0.0301. The monoisotopic (exact) mass is 510 g/mol. The van der Waals surface area contributed by atoms with Crippen molar-refractivity contribution in [1.29, 1.82) is 0 Å². The van der Waals surface area contributed by atoms with E-state index in [4.69, 9.17) is 4.84 Å². The van der Waals surface area contributed by atoms with Crippen molar-refractivity contribution in [2.75, 3.05) is 0 Å². The van der Waals surface area contributed by atoms with Gasteiger partial charge in [-0.2, -0.15) is 0 Å². The zero-order valence-corrected chi connectivity index (χ0v) is 22.5. The molecule has 0 aliphatic carbocycles. The first-order valence-corrected chi connectivity index (χ1v) is 13.3. The van der Waals surface area contributed by atoms with Crippen LogP contribution in [-0.2, 0) is 16.2 Å². The van der Waals surface area contributed by atoms with Crippen molar-refractivity contribution in [2.45, 2.75) is 66.3 Å². The maximum absolute atomic E-state index is 13.5. The van der Waals surface area contributed by atoms with Crippen LogP contribution in [-0.4, -0.2) is 27.8 Å². The van der Waals surface area contributed by atoms with Gasteiger partial charge in [-0.15, -0.1) is 0 Å². The molecule has 0 aliphatic heterocycles. The highest BCUT2D eigenvalue weighted by Crippen LogP contribution is 2.32. The summed E-state index contributed by atoms with van der Waals surface area (Å²) in [4.78, 5) is 43.1. The minimum Gasteiger partial charge on any atom is -0.341 e. The van der Waals surface area contributed by atoms with E-state index < -0.39 is 5.97 Å². The molecule has 0 saturated carbocycles. The van der Waals surface area contributed by atoms with Gasteiger partial charge < -0.3 is 9.40 Å². The maximum Gasteiger partial charge on any atom is 0.331 e. The molecule has 6 heteroatoms. The fourth-order valence-electron chi connectivity index (χ4n) is 4.92. The number of fused-ring (bicyclic) bond motifs is 3. The standard InChI is InChI=1S/C32H34N2O4/c1-5-7-8-9-14-28(33-38-22(4)35)32(37)24-16-18-30-27(20-24)26-19-23(15-17-29(26)34(30)6-2)31(36)25-13-11-10-12-21(25)3/h10-13,15-20H,5-9,14H2,1-4H3. The summed E-state index contributed by atoms with van der Waals surface area (Å²) >= 11 is 0. The Bertz CT molecular complexity index is 1540. The third-order valence-electron chi connectivity index (χ3n) is 6.91. The minimum atomic E-state index is -0.559. The quantitative estimate of drug-likeness (QED) is 0.0691. The summed E-state index contributed by atoms with van der Waals surface area (Å²) in [6, 6.07) is 18.9. The Morgan fingerprint density at radius 3 is 2.13 bits per heavy atom. The molecule has 0 fully saturated rings.